The van der Waals surface area contributed by atoms with Gasteiger partial charge in [0.2, 0.25) is 11.9 Å². The molecule has 1 aliphatic heterocycles. The molecule has 1 fully saturated rings. The van der Waals surface area contributed by atoms with Crippen LogP contribution in [-0.2, 0) is 17.6 Å². The van der Waals surface area contributed by atoms with E-state index in [1.165, 1.54) is 0 Å². The summed E-state index contributed by atoms with van der Waals surface area (Å²) in [6, 6.07) is 7.67. The maximum Gasteiger partial charge on any atom is 0.236 e. The van der Waals surface area contributed by atoms with Crippen LogP contribution in [-0.4, -0.2) is 39.5 Å². The lowest BCUT2D eigenvalue weighted by Crippen LogP contribution is -2.27. The first-order chi connectivity index (χ1) is 12.1. The molecule has 1 aromatic carbocycles. The first-order valence-electron chi connectivity index (χ1n) is 8.35. The van der Waals surface area contributed by atoms with Gasteiger partial charge < -0.3 is 5.32 Å². The van der Waals surface area contributed by atoms with Crippen LogP contribution in [0.2, 0.25) is 5.02 Å². The van der Waals surface area contributed by atoms with E-state index in [2.05, 4.69) is 20.7 Å². The van der Waals surface area contributed by atoms with E-state index in [1.54, 1.807) is 16.4 Å². The van der Waals surface area contributed by atoms with E-state index in [4.69, 9.17) is 11.6 Å². The number of aromatic nitrogens is 3. The van der Waals surface area contributed by atoms with Crippen LogP contribution in [0.5, 0.6) is 0 Å². The van der Waals surface area contributed by atoms with E-state index in [-0.39, 0.29) is 18.3 Å². The third kappa shape index (κ3) is 5.87. The van der Waals surface area contributed by atoms with Gasteiger partial charge in [0, 0.05) is 23.7 Å². The van der Waals surface area contributed by atoms with E-state index in [0.29, 0.717) is 17.6 Å². The Bertz CT molecular complexity index is 716. The largest absolute Gasteiger partial charge is 0.317 e. The Morgan fingerprint density at radius 2 is 2.04 bits per heavy atom. The standard InChI is InChI=1S/C17H22ClN5OS.ClH/c1-23-17(21-16(22-23)13-6-8-19-9-7-13)20-15(24)11-25-10-12-2-4-14(18)5-3-12;/h2-5,13,19H,6-11H2,1H3,(H,20,21,22,24);1H. The van der Waals surface area contributed by atoms with Crippen LogP contribution in [0.3, 0.4) is 0 Å². The SMILES string of the molecule is Cl.Cn1nc(C2CCNCC2)nc1NC(=O)CSCc1ccc(Cl)cc1. The number of piperidine rings is 1. The number of benzene rings is 1. The predicted molar refractivity (Wildman–Crippen MR) is 109 cm³/mol. The van der Waals surface area contributed by atoms with Crippen LogP contribution in [0, 0.1) is 0 Å². The molecular formula is C17H23Cl2N5OS. The lowest BCUT2D eigenvalue weighted by molar-refractivity contribution is -0.113. The maximum atomic E-state index is 12.2. The highest BCUT2D eigenvalue weighted by Gasteiger charge is 2.21. The maximum absolute atomic E-state index is 12.2. The van der Waals surface area contributed by atoms with Crippen molar-refractivity contribution in [2.45, 2.75) is 24.5 Å². The minimum atomic E-state index is -0.0636. The molecule has 142 valence electrons. The summed E-state index contributed by atoms with van der Waals surface area (Å²) in [6.07, 6.45) is 2.07. The number of nitrogens with one attached hydrogen (secondary N) is 2. The number of halogens is 2. The molecule has 1 amide bonds. The van der Waals surface area contributed by atoms with Crippen LogP contribution in [0.1, 0.15) is 30.1 Å². The molecule has 0 saturated carbocycles. The normalized spacial score (nSPS) is 14.7. The number of hydrogen-bond donors (Lipinski definition) is 2. The summed E-state index contributed by atoms with van der Waals surface area (Å²) < 4.78 is 1.65. The van der Waals surface area contributed by atoms with Crippen molar-refractivity contribution in [3.8, 4) is 0 Å². The third-order valence-electron chi connectivity index (χ3n) is 4.15. The highest BCUT2D eigenvalue weighted by Crippen LogP contribution is 2.23. The molecular weight excluding hydrogens is 393 g/mol. The number of rotatable bonds is 6. The zero-order valence-corrected chi connectivity index (χ0v) is 17.0. The van der Waals surface area contributed by atoms with E-state index in [0.717, 1.165) is 48.1 Å². The smallest absolute Gasteiger partial charge is 0.236 e. The summed E-state index contributed by atoms with van der Waals surface area (Å²) >= 11 is 7.43. The fourth-order valence-electron chi connectivity index (χ4n) is 2.77. The minimum Gasteiger partial charge on any atom is -0.317 e. The van der Waals surface area contributed by atoms with E-state index in [9.17, 15) is 4.79 Å². The number of thioether (sulfide) groups is 1. The second kappa shape index (κ2) is 10.2. The molecule has 3 rings (SSSR count). The second-order valence-electron chi connectivity index (χ2n) is 6.11. The van der Waals surface area contributed by atoms with Crippen molar-refractivity contribution in [1.82, 2.24) is 20.1 Å². The molecule has 6 nitrogen and oxygen atoms in total. The average molecular weight is 416 g/mol. The van der Waals surface area contributed by atoms with Gasteiger partial charge >= 0.3 is 0 Å². The molecule has 2 heterocycles. The quantitative estimate of drug-likeness (QED) is 0.757. The van der Waals surface area contributed by atoms with Crippen molar-refractivity contribution in [2.75, 3.05) is 24.2 Å². The number of amides is 1. The Morgan fingerprint density at radius 3 is 2.73 bits per heavy atom. The molecule has 1 saturated heterocycles. The molecule has 0 spiro atoms. The van der Waals surface area contributed by atoms with Crippen molar-refractivity contribution in [3.05, 3.63) is 40.7 Å². The van der Waals surface area contributed by atoms with Gasteiger partial charge in [0.25, 0.3) is 0 Å². The molecule has 1 aliphatic rings. The average Bonchev–Trinajstić information content (AvgIpc) is 2.98. The Kier molecular flexibility index (Phi) is 8.21. The molecule has 0 radical (unpaired) electrons. The van der Waals surface area contributed by atoms with Gasteiger partial charge in [-0.25, -0.2) is 4.68 Å². The number of anilines is 1. The summed E-state index contributed by atoms with van der Waals surface area (Å²) in [5, 5.41) is 11.4. The summed E-state index contributed by atoms with van der Waals surface area (Å²) in [6.45, 7) is 1.98. The Balaban J connectivity index is 0.00000243. The van der Waals surface area contributed by atoms with Crippen molar-refractivity contribution < 1.29 is 4.79 Å². The Hall–Kier alpha value is -1.28. The van der Waals surface area contributed by atoms with Crippen LogP contribution in [0.4, 0.5) is 5.95 Å². The molecule has 0 bridgehead atoms. The second-order valence-corrected chi connectivity index (χ2v) is 7.53. The molecule has 0 aliphatic carbocycles. The highest BCUT2D eigenvalue weighted by atomic mass is 35.5. The van der Waals surface area contributed by atoms with Crippen molar-refractivity contribution in [1.29, 1.82) is 0 Å². The van der Waals surface area contributed by atoms with Crippen LogP contribution in [0.15, 0.2) is 24.3 Å². The molecule has 26 heavy (non-hydrogen) atoms. The minimum absolute atomic E-state index is 0. The van der Waals surface area contributed by atoms with Gasteiger partial charge in [0.1, 0.15) is 0 Å². The lowest BCUT2D eigenvalue weighted by Gasteiger charge is -2.19. The van der Waals surface area contributed by atoms with Crippen molar-refractivity contribution in [2.24, 2.45) is 7.05 Å². The van der Waals surface area contributed by atoms with Crippen LogP contribution < -0.4 is 10.6 Å². The molecule has 1 aromatic heterocycles. The van der Waals surface area contributed by atoms with E-state index < -0.39 is 0 Å². The molecule has 9 heteroatoms. The highest BCUT2D eigenvalue weighted by molar-refractivity contribution is 7.99. The zero-order chi connectivity index (χ0) is 17.6. The third-order valence-corrected chi connectivity index (χ3v) is 5.41. The van der Waals surface area contributed by atoms with Gasteiger partial charge in [-0.3, -0.25) is 10.1 Å². The van der Waals surface area contributed by atoms with Crippen LogP contribution >= 0.6 is 35.8 Å². The number of hydrogen-bond acceptors (Lipinski definition) is 5. The first-order valence-corrected chi connectivity index (χ1v) is 9.89. The van der Waals surface area contributed by atoms with E-state index >= 15 is 0 Å². The van der Waals surface area contributed by atoms with Gasteiger partial charge in [0.15, 0.2) is 5.82 Å². The zero-order valence-electron chi connectivity index (χ0n) is 14.6. The number of carbonyl (C=O) groups excluding carboxylic acids is 1. The summed E-state index contributed by atoms with van der Waals surface area (Å²) in [5.74, 6) is 2.80. The van der Waals surface area contributed by atoms with Crippen LogP contribution in [0.25, 0.3) is 0 Å². The number of aryl methyl sites for hydroxylation is 1. The van der Waals surface area contributed by atoms with Gasteiger partial charge in [-0.15, -0.1) is 24.2 Å². The molecule has 2 N–H and O–H groups in total. The molecule has 0 unspecified atom stereocenters. The monoisotopic (exact) mass is 415 g/mol. The predicted octanol–water partition coefficient (Wildman–Crippen LogP) is 3.23. The summed E-state index contributed by atoms with van der Waals surface area (Å²) in [7, 11) is 1.81. The van der Waals surface area contributed by atoms with Gasteiger partial charge in [-0.2, -0.15) is 10.1 Å². The van der Waals surface area contributed by atoms with Gasteiger partial charge in [0.05, 0.1) is 5.75 Å². The first kappa shape index (κ1) is 21.0. The summed E-state index contributed by atoms with van der Waals surface area (Å²) in [4.78, 5) is 16.7. The van der Waals surface area contributed by atoms with E-state index in [1.807, 2.05) is 31.3 Å². The van der Waals surface area contributed by atoms with Crippen molar-refractivity contribution >= 4 is 47.6 Å². The molecule has 0 atom stereocenters. The fraction of sp³-hybridized carbons (Fsp3) is 0.471. The van der Waals surface area contributed by atoms with Gasteiger partial charge in [-0.1, -0.05) is 23.7 Å². The summed E-state index contributed by atoms with van der Waals surface area (Å²) in [5.41, 5.74) is 1.15. The topological polar surface area (TPSA) is 71.8 Å². The number of carbonyl (C=O) groups is 1. The number of nitrogens with zero attached hydrogens (tertiary/aromatic N) is 3. The Labute approximate surface area is 168 Å². The Morgan fingerprint density at radius 1 is 1.35 bits per heavy atom. The van der Waals surface area contributed by atoms with Gasteiger partial charge in [-0.05, 0) is 43.6 Å². The molecule has 2 aromatic rings. The lowest BCUT2D eigenvalue weighted by atomic mass is 9.98. The van der Waals surface area contributed by atoms with Crippen molar-refractivity contribution in [3.63, 3.8) is 0 Å². The fourth-order valence-corrected chi connectivity index (χ4v) is 3.68.